The highest BCUT2D eigenvalue weighted by Gasteiger charge is 2.33. The molecular weight excluding hydrogens is 218 g/mol. The van der Waals surface area contributed by atoms with Crippen LogP contribution >= 0.6 is 0 Å². The van der Waals surface area contributed by atoms with Crippen LogP contribution < -0.4 is 0 Å². The summed E-state index contributed by atoms with van der Waals surface area (Å²) in [5, 5.41) is 9.24. The number of nitrogens with zero attached hydrogens (tertiary/aromatic N) is 1. The quantitative estimate of drug-likeness (QED) is 0.695. The summed E-state index contributed by atoms with van der Waals surface area (Å²) < 4.78 is 5.51. The van der Waals surface area contributed by atoms with E-state index in [2.05, 4.69) is 11.8 Å². The average molecular weight is 243 g/mol. The minimum Gasteiger partial charge on any atom is -0.480 e. The molecule has 100 valence electrons. The van der Waals surface area contributed by atoms with Gasteiger partial charge in [-0.25, -0.2) is 0 Å². The van der Waals surface area contributed by atoms with Gasteiger partial charge >= 0.3 is 5.97 Å². The normalized spacial score (nSPS) is 26.0. The molecule has 0 aromatic rings. The van der Waals surface area contributed by atoms with E-state index in [1.165, 1.54) is 0 Å². The Morgan fingerprint density at radius 2 is 2.24 bits per heavy atom. The molecular formula is C13H25NO3. The first-order valence-electron chi connectivity index (χ1n) is 6.71. The number of carbonyl (C=O) groups is 1. The van der Waals surface area contributed by atoms with Gasteiger partial charge in [0.1, 0.15) is 6.04 Å². The molecule has 0 radical (unpaired) electrons. The van der Waals surface area contributed by atoms with Gasteiger partial charge in [0.05, 0.1) is 6.61 Å². The smallest absolute Gasteiger partial charge is 0.321 e. The van der Waals surface area contributed by atoms with Crippen LogP contribution in [0.1, 0.15) is 39.5 Å². The molecule has 17 heavy (non-hydrogen) atoms. The molecule has 1 N–H and O–H groups in total. The van der Waals surface area contributed by atoms with Crippen molar-refractivity contribution in [3.63, 3.8) is 0 Å². The first kappa shape index (κ1) is 14.5. The Hall–Kier alpha value is -0.610. The van der Waals surface area contributed by atoms with Crippen molar-refractivity contribution in [1.29, 1.82) is 0 Å². The molecule has 0 saturated carbocycles. The molecule has 2 unspecified atom stereocenters. The van der Waals surface area contributed by atoms with Crippen molar-refractivity contribution in [2.45, 2.75) is 45.6 Å². The van der Waals surface area contributed by atoms with E-state index < -0.39 is 5.97 Å². The van der Waals surface area contributed by atoms with Gasteiger partial charge in [0.25, 0.3) is 0 Å². The van der Waals surface area contributed by atoms with E-state index in [0.29, 0.717) is 6.61 Å². The fourth-order valence-electron chi connectivity index (χ4n) is 2.45. The number of rotatable bonds is 7. The first-order valence-corrected chi connectivity index (χ1v) is 6.71. The van der Waals surface area contributed by atoms with Gasteiger partial charge in [0.2, 0.25) is 0 Å². The van der Waals surface area contributed by atoms with Gasteiger partial charge in [0, 0.05) is 13.2 Å². The third-order valence-electron chi connectivity index (χ3n) is 3.46. The van der Waals surface area contributed by atoms with Crippen LogP contribution in [0.4, 0.5) is 0 Å². The summed E-state index contributed by atoms with van der Waals surface area (Å²) in [5.41, 5.74) is 0. The van der Waals surface area contributed by atoms with Crippen LogP contribution in [0, 0.1) is 5.92 Å². The van der Waals surface area contributed by atoms with Gasteiger partial charge < -0.3 is 9.84 Å². The van der Waals surface area contributed by atoms with Crippen LogP contribution in [0.15, 0.2) is 0 Å². The Labute approximate surface area is 104 Å². The van der Waals surface area contributed by atoms with Crippen molar-refractivity contribution in [1.82, 2.24) is 4.90 Å². The Kier molecular flexibility index (Phi) is 6.52. The van der Waals surface area contributed by atoms with Crippen LogP contribution in [0.25, 0.3) is 0 Å². The second-order valence-corrected chi connectivity index (χ2v) is 4.90. The van der Waals surface area contributed by atoms with Crippen molar-refractivity contribution < 1.29 is 14.6 Å². The van der Waals surface area contributed by atoms with Crippen LogP contribution in [0.2, 0.25) is 0 Å². The summed E-state index contributed by atoms with van der Waals surface area (Å²) >= 11 is 0. The fraction of sp³-hybridized carbons (Fsp3) is 0.923. The zero-order valence-corrected chi connectivity index (χ0v) is 11.0. The van der Waals surface area contributed by atoms with Crippen molar-refractivity contribution in [3.8, 4) is 0 Å². The van der Waals surface area contributed by atoms with Gasteiger partial charge in [0.15, 0.2) is 0 Å². The number of ether oxygens (including phenoxy) is 1. The monoisotopic (exact) mass is 243 g/mol. The number of aliphatic carboxylic acids is 1. The van der Waals surface area contributed by atoms with Crippen molar-refractivity contribution in [2.75, 3.05) is 26.3 Å². The highest BCUT2D eigenvalue weighted by molar-refractivity contribution is 5.74. The average Bonchev–Trinajstić information content (AvgIpc) is 2.28. The molecule has 1 fully saturated rings. The lowest BCUT2D eigenvalue weighted by molar-refractivity contribution is -0.147. The molecule has 0 aliphatic carbocycles. The van der Waals surface area contributed by atoms with Crippen molar-refractivity contribution >= 4 is 5.97 Å². The zero-order valence-electron chi connectivity index (χ0n) is 11.0. The predicted molar refractivity (Wildman–Crippen MR) is 67.1 cm³/mol. The van der Waals surface area contributed by atoms with E-state index in [0.717, 1.165) is 45.4 Å². The van der Waals surface area contributed by atoms with E-state index in [4.69, 9.17) is 4.74 Å². The lowest BCUT2D eigenvalue weighted by Crippen LogP contribution is -2.50. The third-order valence-corrected chi connectivity index (χ3v) is 3.46. The van der Waals surface area contributed by atoms with E-state index in [1.54, 1.807) is 0 Å². The molecule has 0 aromatic heterocycles. The van der Waals surface area contributed by atoms with Gasteiger partial charge in [-0.2, -0.15) is 0 Å². The van der Waals surface area contributed by atoms with E-state index in [9.17, 15) is 9.90 Å². The summed E-state index contributed by atoms with van der Waals surface area (Å²) in [6, 6.07) is -0.321. The van der Waals surface area contributed by atoms with Gasteiger partial charge in [-0.1, -0.05) is 20.3 Å². The van der Waals surface area contributed by atoms with Crippen LogP contribution in [-0.2, 0) is 9.53 Å². The number of carboxylic acids is 1. The van der Waals surface area contributed by atoms with E-state index in [1.807, 2.05) is 6.92 Å². The minimum atomic E-state index is -0.689. The third kappa shape index (κ3) is 4.64. The molecule has 1 aliphatic rings. The molecule has 2 atom stereocenters. The highest BCUT2D eigenvalue weighted by atomic mass is 16.5. The summed E-state index contributed by atoms with van der Waals surface area (Å²) in [7, 11) is 0. The maximum Gasteiger partial charge on any atom is 0.321 e. The van der Waals surface area contributed by atoms with E-state index in [-0.39, 0.29) is 12.0 Å². The minimum absolute atomic E-state index is 0.247. The lowest BCUT2D eigenvalue weighted by atomic mass is 9.91. The predicted octanol–water partition coefficient (Wildman–Crippen LogP) is 1.99. The second-order valence-electron chi connectivity index (χ2n) is 4.90. The zero-order chi connectivity index (χ0) is 12.7. The molecule has 0 aromatic carbocycles. The van der Waals surface area contributed by atoms with Crippen molar-refractivity contribution in [2.24, 2.45) is 5.92 Å². The summed E-state index contributed by atoms with van der Waals surface area (Å²) in [5.74, 6) is -0.442. The largest absolute Gasteiger partial charge is 0.480 e. The number of carboxylic acid groups (broad SMARTS) is 1. The maximum atomic E-state index is 11.2. The Balaban J connectivity index is 2.31. The molecule has 0 spiro atoms. The number of piperidine rings is 1. The standard InChI is InChI=1S/C13H25NO3/c1-3-4-9-17-10-8-14-7-5-6-11(2)12(14)13(15)16/h11-12H,3-10H2,1-2H3,(H,15,16). The number of likely N-dealkylation sites (tertiary alicyclic amines) is 1. The lowest BCUT2D eigenvalue weighted by Gasteiger charge is -2.37. The van der Waals surface area contributed by atoms with Gasteiger partial charge in [-0.15, -0.1) is 0 Å². The molecule has 0 amide bonds. The number of hydrogen-bond donors (Lipinski definition) is 1. The second kappa shape index (κ2) is 7.67. The first-order chi connectivity index (χ1) is 8.16. The molecule has 0 bridgehead atoms. The molecule has 4 nitrogen and oxygen atoms in total. The Morgan fingerprint density at radius 3 is 2.88 bits per heavy atom. The molecule has 1 rings (SSSR count). The Bertz CT molecular complexity index is 233. The van der Waals surface area contributed by atoms with Crippen LogP contribution in [0.3, 0.4) is 0 Å². The topological polar surface area (TPSA) is 49.8 Å². The molecule has 1 aliphatic heterocycles. The van der Waals surface area contributed by atoms with E-state index >= 15 is 0 Å². The fourth-order valence-corrected chi connectivity index (χ4v) is 2.45. The molecule has 1 saturated heterocycles. The van der Waals surface area contributed by atoms with Crippen molar-refractivity contribution in [3.05, 3.63) is 0 Å². The summed E-state index contributed by atoms with van der Waals surface area (Å²) in [4.78, 5) is 13.3. The Morgan fingerprint density at radius 1 is 1.47 bits per heavy atom. The number of hydrogen-bond acceptors (Lipinski definition) is 3. The highest BCUT2D eigenvalue weighted by Crippen LogP contribution is 2.23. The molecule has 4 heteroatoms. The maximum absolute atomic E-state index is 11.2. The SMILES string of the molecule is CCCCOCCN1CCCC(C)C1C(=O)O. The molecule has 1 heterocycles. The van der Waals surface area contributed by atoms with Crippen LogP contribution in [0.5, 0.6) is 0 Å². The van der Waals surface area contributed by atoms with Gasteiger partial charge in [-0.3, -0.25) is 9.69 Å². The number of unbranched alkanes of at least 4 members (excludes halogenated alkanes) is 1. The summed E-state index contributed by atoms with van der Waals surface area (Å²) in [6.45, 7) is 7.23. The summed E-state index contributed by atoms with van der Waals surface area (Å²) in [6.07, 6.45) is 4.33. The van der Waals surface area contributed by atoms with Crippen LogP contribution in [-0.4, -0.2) is 48.3 Å². The van der Waals surface area contributed by atoms with Gasteiger partial charge in [-0.05, 0) is 31.7 Å².